The fourth-order valence-corrected chi connectivity index (χ4v) is 5.50. The number of carbonyl (C=O) groups is 5. The Morgan fingerprint density at radius 1 is 0.660 bits per heavy atom. The molecule has 0 aromatic rings. The zero-order valence-corrected chi connectivity index (χ0v) is 29.6. The third-order valence-corrected chi connectivity index (χ3v) is 8.55. The molecule has 47 heavy (non-hydrogen) atoms. The molecule has 0 aliphatic carbocycles. The predicted molar refractivity (Wildman–Crippen MR) is 178 cm³/mol. The van der Waals surface area contributed by atoms with E-state index in [1.54, 1.807) is 0 Å². The van der Waals surface area contributed by atoms with Gasteiger partial charge in [0.2, 0.25) is 0 Å². The quantitative estimate of drug-likeness (QED) is 0.0367. The zero-order valence-electron chi connectivity index (χ0n) is 29.6. The molecular formula is C36H63NO10. The summed E-state index contributed by atoms with van der Waals surface area (Å²) < 4.78 is 26.6. The monoisotopic (exact) mass is 669 g/mol. The highest BCUT2D eigenvalue weighted by Crippen LogP contribution is 2.30. The van der Waals surface area contributed by atoms with Crippen molar-refractivity contribution in [1.29, 1.82) is 0 Å². The molecule has 0 saturated carbocycles. The smallest absolute Gasteiger partial charge is 0.313 e. The minimum Gasteiger partial charge on any atom is -0.468 e. The summed E-state index contributed by atoms with van der Waals surface area (Å²) in [5.74, 6) is -1.52. The van der Waals surface area contributed by atoms with Crippen LogP contribution in [0.2, 0.25) is 0 Å². The Hall–Kier alpha value is -2.69. The Balaban J connectivity index is 2.30. The maximum atomic E-state index is 12.8. The number of likely N-dealkylation sites (tertiary alicyclic amines) is 1. The number of rotatable bonds is 30. The van der Waals surface area contributed by atoms with E-state index < -0.39 is 11.3 Å². The molecular weight excluding hydrogens is 606 g/mol. The first-order valence-electron chi connectivity index (χ1n) is 18.1. The predicted octanol–water partition coefficient (Wildman–Crippen LogP) is 6.33. The van der Waals surface area contributed by atoms with E-state index in [9.17, 15) is 24.0 Å². The highest BCUT2D eigenvalue weighted by atomic mass is 16.6. The van der Waals surface area contributed by atoms with Crippen LogP contribution in [-0.2, 0) is 47.7 Å². The molecule has 2 unspecified atom stereocenters. The van der Waals surface area contributed by atoms with Gasteiger partial charge in [-0.25, -0.2) is 0 Å². The number of ether oxygens (including phenoxy) is 5. The molecule has 11 nitrogen and oxygen atoms in total. The van der Waals surface area contributed by atoms with Crippen molar-refractivity contribution in [1.82, 2.24) is 4.90 Å². The van der Waals surface area contributed by atoms with Crippen molar-refractivity contribution < 1.29 is 47.7 Å². The maximum absolute atomic E-state index is 12.8. The molecule has 11 heteroatoms. The summed E-state index contributed by atoms with van der Waals surface area (Å²) in [6.07, 6.45) is 15.8. The van der Waals surface area contributed by atoms with Gasteiger partial charge in [0.25, 0.3) is 6.47 Å². The standard InChI is InChI=1S/C36H63NO10/c1-4-5-6-9-14-19-32(39)44-25-18-13-8-11-16-21-34(41)46-27-31(28-47-35(42)36(2)22-23-37(3)29-36)26-45-33(40)20-15-10-7-12-17-24-43-30-38/h30-31H,4-29H2,1-3H3. The van der Waals surface area contributed by atoms with Gasteiger partial charge in [-0.2, -0.15) is 0 Å². The van der Waals surface area contributed by atoms with E-state index in [1.165, 1.54) is 19.3 Å². The first kappa shape index (κ1) is 42.3. The van der Waals surface area contributed by atoms with Crippen molar-refractivity contribution in [3.05, 3.63) is 0 Å². The lowest BCUT2D eigenvalue weighted by Gasteiger charge is -2.24. The van der Waals surface area contributed by atoms with Crippen molar-refractivity contribution >= 4 is 30.3 Å². The third kappa shape index (κ3) is 22.5. The molecule has 1 aliphatic rings. The third-order valence-electron chi connectivity index (χ3n) is 8.55. The van der Waals surface area contributed by atoms with Gasteiger partial charge in [-0.1, -0.05) is 71.1 Å². The minimum atomic E-state index is -0.582. The lowest BCUT2D eigenvalue weighted by atomic mass is 9.90. The molecule has 0 amide bonds. The second-order valence-electron chi connectivity index (χ2n) is 13.3. The summed E-state index contributed by atoms with van der Waals surface area (Å²) in [5.41, 5.74) is -0.582. The second-order valence-corrected chi connectivity index (χ2v) is 13.3. The average molecular weight is 670 g/mol. The van der Waals surface area contributed by atoms with E-state index >= 15 is 0 Å². The Morgan fingerprint density at radius 2 is 1.13 bits per heavy atom. The van der Waals surface area contributed by atoms with E-state index in [4.69, 9.17) is 18.9 Å². The van der Waals surface area contributed by atoms with Crippen molar-refractivity contribution in [2.75, 3.05) is 53.2 Å². The fourth-order valence-electron chi connectivity index (χ4n) is 5.50. The van der Waals surface area contributed by atoms with Gasteiger partial charge in [0, 0.05) is 25.8 Å². The highest BCUT2D eigenvalue weighted by molar-refractivity contribution is 5.77. The molecule has 1 heterocycles. The Morgan fingerprint density at radius 3 is 1.64 bits per heavy atom. The van der Waals surface area contributed by atoms with E-state index in [0.717, 1.165) is 70.8 Å². The number of hydrogen-bond acceptors (Lipinski definition) is 11. The maximum Gasteiger partial charge on any atom is 0.313 e. The molecule has 0 radical (unpaired) electrons. The molecule has 1 saturated heterocycles. The largest absolute Gasteiger partial charge is 0.468 e. The van der Waals surface area contributed by atoms with E-state index in [0.29, 0.717) is 51.9 Å². The van der Waals surface area contributed by atoms with Gasteiger partial charge < -0.3 is 28.6 Å². The molecule has 272 valence electrons. The normalized spacial score (nSPS) is 16.7. The first-order valence-corrected chi connectivity index (χ1v) is 18.1. The molecule has 1 rings (SSSR count). The number of esters is 4. The van der Waals surface area contributed by atoms with Crippen LogP contribution in [0.1, 0.15) is 136 Å². The lowest BCUT2D eigenvalue weighted by molar-refractivity contribution is -0.159. The van der Waals surface area contributed by atoms with Gasteiger partial charge in [-0.3, -0.25) is 24.0 Å². The van der Waals surface area contributed by atoms with Crippen LogP contribution in [0.15, 0.2) is 0 Å². The minimum absolute atomic E-state index is 0.00246. The summed E-state index contributed by atoms with van der Waals surface area (Å²) >= 11 is 0. The Labute approximate surface area is 283 Å². The van der Waals surface area contributed by atoms with Crippen molar-refractivity contribution in [3.63, 3.8) is 0 Å². The highest BCUT2D eigenvalue weighted by Gasteiger charge is 2.40. The van der Waals surface area contributed by atoms with Crippen LogP contribution >= 0.6 is 0 Å². The topological polar surface area (TPSA) is 135 Å². The van der Waals surface area contributed by atoms with Crippen molar-refractivity contribution in [3.8, 4) is 0 Å². The van der Waals surface area contributed by atoms with Gasteiger partial charge in [0.05, 0.1) is 24.5 Å². The summed E-state index contributed by atoms with van der Waals surface area (Å²) in [6.45, 7) is 6.82. The fraction of sp³-hybridized carbons (Fsp3) is 0.861. The summed E-state index contributed by atoms with van der Waals surface area (Å²) in [5, 5.41) is 0. The van der Waals surface area contributed by atoms with Gasteiger partial charge in [0.1, 0.15) is 19.8 Å². The van der Waals surface area contributed by atoms with Crippen LogP contribution in [-0.4, -0.2) is 88.4 Å². The van der Waals surface area contributed by atoms with E-state index in [2.05, 4.69) is 16.6 Å². The summed E-state index contributed by atoms with van der Waals surface area (Å²) in [7, 11) is 1.97. The van der Waals surface area contributed by atoms with E-state index in [1.807, 2.05) is 14.0 Å². The van der Waals surface area contributed by atoms with Gasteiger partial charge >= 0.3 is 23.9 Å². The molecule has 0 N–H and O–H groups in total. The van der Waals surface area contributed by atoms with Crippen LogP contribution < -0.4 is 0 Å². The van der Waals surface area contributed by atoms with E-state index in [-0.39, 0.29) is 56.5 Å². The number of hydrogen-bond donors (Lipinski definition) is 0. The van der Waals surface area contributed by atoms with Crippen LogP contribution in [0.5, 0.6) is 0 Å². The zero-order chi connectivity index (χ0) is 34.6. The molecule has 0 aromatic heterocycles. The first-order chi connectivity index (χ1) is 22.7. The summed E-state index contributed by atoms with van der Waals surface area (Å²) in [6, 6.07) is 0. The van der Waals surface area contributed by atoms with Crippen molar-refractivity contribution in [2.24, 2.45) is 11.3 Å². The number of unbranched alkanes of at least 4 members (excludes halogenated alkanes) is 12. The van der Waals surface area contributed by atoms with Crippen LogP contribution in [0.4, 0.5) is 0 Å². The molecule has 1 aliphatic heterocycles. The summed E-state index contributed by atoms with van der Waals surface area (Å²) in [4.78, 5) is 61.7. The van der Waals surface area contributed by atoms with Crippen LogP contribution in [0, 0.1) is 11.3 Å². The molecule has 0 spiro atoms. The SMILES string of the molecule is CCCCCCCC(=O)OCCCCCCCC(=O)OCC(COC(=O)CCCCCCCOC=O)COC(=O)C1(C)CCN(C)C1. The van der Waals surface area contributed by atoms with Gasteiger partial charge in [0.15, 0.2) is 0 Å². The Bertz CT molecular complexity index is 882. The molecule has 1 fully saturated rings. The van der Waals surface area contributed by atoms with Crippen LogP contribution in [0.25, 0.3) is 0 Å². The Kier molecular flexibility index (Phi) is 24.6. The van der Waals surface area contributed by atoms with Gasteiger partial charge in [-0.05, 0) is 59.0 Å². The van der Waals surface area contributed by atoms with Crippen LogP contribution in [0.3, 0.4) is 0 Å². The number of carbonyl (C=O) groups excluding carboxylic acids is 5. The average Bonchev–Trinajstić information content (AvgIpc) is 3.41. The molecule has 0 aromatic carbocycles. The van der Waals surface area contributed by atoms with Gasteiger partial charge in [-0.15, -0.1) is 0 Å². The molecule has 0 bridgehead atoms. The second kappa shape index (κ2) is 27.3. The lowest BCUT2D eigenvalue weighted by Crippen LogP contribution is -2.35. The van der Waals surface area contributed by atoms with Crippen molar-refractivity contribution in [2.45, 2.75) is 136 Å². The number of nitrogens with zero attached hydrogens (tertiary/aromatic N) is 1. The molecule has 2 atom stereocenters.